The molecule has 0 atom stereocenters. The van der Waals surface area contributed by atoms with Crippen LogP contribution in [0.4, 0.5) is 0 Å². The minimum absolute atomic E-state index is 0.115. The van der Waals surface area contributed by atoms with Crippen molar-refractivity contribution in [3.8, 4) is 17.1 Å². The average Bonchev–Trinajstić information content (AvgIpc) is 3.50. The topological polar surface area (TPSA) is 59.7 Å². The number of carboxylic acid groups (broad SMARTS) is 1. The van der Waals surface area contributed by atoms with E-state index in [1.165, 1.54) is 24.0 Å². The van der Waals surface area contributed by atoms with Crippen molar-refractivity contribution in [1.29, 1.82) is 0 Å². The molecule has 1 fully saturated rings. The lowest BCUT2D eigenvalue weighted by Crippen LogP contribution is -2.07. The molecule has 0 unspecified atom stereocenters. The van der Waals surface area contributed by atoms with Crippen molar-refractivity contribution >= 4 is 16.9 Å². The second-order valence-electron chi connectivity index (χ2n) is 8.63. The van der Waals surface area contributed by atoms with Gasteiger partial charge in [-0.15, -0.1) is 0 Å². The molecule has 3 aromatic carbocycles. The normalized spacial score (nSPS) is 14.4. The van der Waals surface area contributed by atoms with E-state index in [4.69, 9.17) is 14.3 Å². The van der Waals surface area contributed by atoms with Crippen LogP contribution in [0.2, 0.25) is 0 Å². The van der Waals surface area contributed by atoms with Gasteiger partial charge in [0.2, 0.25) is 0 Å². The first-order chi connectivity index (χ1) is 15.5. The van der Waals surface area contributed by atoms with E-state index in [2.05, 4.69) is 54.6 Å². The molecule has 0 aliphatic heterocycles. The number of hydrogen-bond donors (Lipinski definition) is 1. The molecule has 1 aliphatic rings. The minimum atomic E-state index is -0.801. The Balaban J connectivity index is 1.38. The number of carbonyl (C=O) groups is 1. The van der Waals surface area contributed by atoms with E-state index in [1.54, 1.807) is 0 Å². The quantitative estimate of drug-likeness (QED) is 0.317. The number of carboxylic acids is 1. The van der Waals surface area contributed by atoms with Crippen molar-refractivity contribution in [1.82, 2.24) is 0 Å². The standard InChI is InChI=1S/C28H26O4/c1-19-16-23(31-15-5-8-27(29)30)10-11-24(19)26-18-20-17-22(9-12-25(20)32-26)28(13-14-28)21-6-3-2-4-7-21/h2-4,6-7,9-12,16-18H,5,8,13-15H2,1H3,(H,29,30). The zero-order valence-corrected chi connectivity index (χ0v) is 18.1. The van der Waals surface area contributed by atoms with Crippen LogP contribution in [-0.2, 0) is 10.2 Å². The van der Waals surface area contributed by atoms with Crippen molar-refractivity contribution in [3.63, 3.8) is 0 Å². The lowest BCUT2D eigenvalue weighted by atomic mass is 9.87. The smallest absolute Gasteiger partial charge is 0.303 e. The van der Waals surface area contributed by atoms with Crippen LogP contribution in [0.15, 0.2) is 77.2 Å². The molecule has 1 heterocycles. The van der Waals surface area contributed by atoms with Crippen LogP contribution < -0.4 is 4.74 Å². The van der Waals surface area contributed by atoms with E-state index < -0.39 is 5.97 Å². The Bertz CT molecular complexity index is 1270. The van der Waals surface area contributed by atoms with Gasteiger partial charge in [0.15, 0.2) is 0 Å². The maximum Gasteiger partial charge on any atom is 0.303 e. The minimum Gasteiger partial charge on any atom is -0.494 e. The summed E-state index contributed by atoms with van der Waals surface area (Å²) in [6.45, 7) is 2.42. The number of rotatable bonds is 8. The molecule has 162 valence electrons. The molecule has 0 bridgehead atoms. The van der Waals surface area contributed by atoms with Gasteiger partial charge in [-0.2, -0.15) is 0 Å². The van der Waals surface area contributed by atoms with Gasteiger partial charge in [-0.3, -0.25) is 4.79 Å². The number of furan rings is 1. The number of benzene rings is 3. The molecule has 0 spiro atoms. The van der Waals surface area contributed by atoms with Gasteiger partial charge in [-0.05, 0) is 79.3 Å². The molecule has 0 amide bonds. The third-order valence-electron chi connectivity index (χ3n) is 6.41. The van der Waals surface area contributed by atoms with Crippen molar-refractivity contribution in [2.45, 2.75) is 38.0 Å². The molecule has 1 aliphatic carbocycles. The predicted octanol–water partition coefficient (Wildman–Crippen LogP) is 6.73. The van der Waals surface area contributed by atoms with E-state index in [9.17, 15) is 4.79 Å². The third kappa shape index (κ3) is 3.89. The Morgan fingerprint density at radius 1 is 1.00 bits per heavy atom. The summed E-state index contributed by atoms with van der Waals surface area (Å²) in [4.78, 5) is 10.6. The monoisotopic (exact) mass is 426 g/mol. The molecule has 1 N–H and O–H groups in total. The molecular weight excluding hydrogens is 400 g/mol. The first-order valence-corrected chi connectivity index (χ1v) is 11.1. The zero-order valence-electron chi connectivity index (χ0n) is 18.1. The molecule has 4 nitrogen and oxygen atoms in total. The molecule has 1 saturated carbocycles. The highest BCUT2D eigenvalue weighted by molar-refractivity contribution is 5.84. The number of aryl methyl sites for hydroxylation is 1. The Morgan fingerprint density at radius 2 is 1.81 bits per heavy atom. The van der Waals surface area contributed by atoms with E-state index in [0.717, 1.165) is 33.6 Å². The lowest BCUT2D eigenvalue weighted by Gasteiger charge is -2.16. The Morgan fingerprint density at radius 3 is 2.53 bits per heavy atom. The van der Waals surface area contributed by atoms with Crippen LogP contribution in [-0.4, -0.2) is 17.7 Å². The molecule has 0 radical (unpaired) electrons. The highest BCUT2D eigenvalue weighted by atomic mass is 16.5. The summed E-state index contributed by atoms with van der Waals surface area (Å²) in [5.74, 6) is 0.787. The summed E-state index contributed by atoms with van der Waals surface area (Å²) < 4.78 is 11.9. The van der Waals surface area contributed by atoms with Crippen LogP contribution in [0.25, 0.3) is 22.3 Å². The van der Waals surface area contributed by atoms with Crippen molar-refractivity contribution in [3.05, 3.63) is 89.5 Å². The van der Waals surface area contributed by atoms with Gasteiger partial charge in [0.25, 0.3) is 0 Å². The average molecular weight is 427 g/mol. The zero-order chi connectivity index (χ0) is 22.1. The maximum absolute atomic E-state index is 10.6. The van der Waals surface area contributed by atoms with E-state index in [-0.39, 0.29) is 11.8 Å². The van der Waals surface area contributed by atoms with Crippen molar-refractivity contribution < 1.29 is 19.1 Å². The van der Waals surface area contributed by atoms with Crippen molar-refractivity contribution in [2.24, 2.45) is 0 Å². The van der Waals surface area contributed by atoms with E-state index >= 15 is 0 Å². The number of aliphatic carboxylic acids is 1. The second-order valence-corrected chi connectivity index (χ2v) is 8.63. The fourth-order valence-corrected chi connectivity index (χ4v) is 4.52. The molecule has 4 heteroatoms. The molecule has 0 saturated heterocycles. The van der Waals surface area contributed by atoms with Crippen LogP contribution in [0.3, 0.4) is 0 Å². The summed E-state index contributed by atoms with van der Waals surface area (Å²) in [5.41, 5.74) is 5.86. The molecule has 32 heavy (non-hydrogen) atoms. The van der Waals surface area contributed by atoms with Gasteiger partial charge in [0.1, 0.15) is 17.1 Å². The Kier molecular flexibility index (Phi) is 5.22. The van der Waals surface area contributed by atoms with Crippen molar-refractivity contribution in [2.75, 3.05) is 6.61 Å². The SMILES string of the molecule is Cc1cc(OCCCC(=O)O)ccc1-c1cc2cc(C3(c4ccccc4)CC3)ccc2o1. The van der Waals surface area contributed by atoms with Gasteiger partial charge in [0.05, 0.1) is 6.61 Å². The van der Waals surface area contributed by atoms with Gasteiger partial charge in [0, 0.05) is 22.8 Å². The molecule has 4 aromatic rings. The first kappa shape index (κ1) is 20.4. The van der Waals surface area contributed by atoms with Gasteiger partial charge >= 0.3 is 5.97 Å². The highest BCUT2D eigenvalue weighted by Gasteiger charge is 2.45. The fourth-order valence-electron chi connectivity index (χ4n) is 4.52. The maximum atomic E-state index is 10.6. The predicted molar refractivity (Wildman–Crippen MR) is 125 cm³/mol. The van der Waals surface area contributed by atoms with Gasteiger partial charge < -0.3 is 14.3 Å². The Labute approximate surface area is 187 Å². The fraction of sp³-hybridized carbons (Fsp3) is 0.250. The van der Waals surface area contributed by atoms with E-state index in [0.29, 0.717) is 13.0 Å². The van der Waals surface area contributed by atoms with Gasteiger partial charge in [-0.1, -0.05) is 36.4 Å². The Hall–Kier alpha value is -3.53. The van der Waals surface area contributed by atoms with Crippen LogP contribution in [0.5, 0.6) is 5.75 Å². The first-order valence-electron chi connectivity index (χ1n) is 11.1. The molecule has 1 aromatic heterocycles. The summed E-state index contributed by atoms with van der Waals surface area (Å²) in [5, 5.41) is 9.85. The summed E-state index contributed by atoms with van der Waals surface area (Å²) in [6.07, 6.45) is 2.97. The third-order valence-corrected chi connectivity index (χ3v) is 6.41. The second kappa shape index (κ2) is 8.19. The lowest BCUT2D eigenvalue weighted by molar-refractivity contribution is -0.137. The molecule has 5 rings (SSSR count). The number of hydrogen-bond acceptors (Lipinski definition) is 3. The summed E-state index contributed by atoms with van der Waals surface area (Å²) >= 11 is 0. The van der Waals surface area contributed by atoms with E-state index in [1.807, 2.05) is 25.1 Å². The summed E-state index contributed by atoms with van der Waals surface area (Å²) in [7, 11) is 0. The number of ether oxygens (including phenoxy) is 1. The van der Waals surface area contributed by atoms with Crippen LogP contribution in [0.1, 0.15) is 42.4 Å². The molecular formula is C28H26O4. The van der Waals surface area contributed by atoms with Crippen LogP contribution in [0, 0.1) is 6.92 Å². The number of fused-ring (bicyclic) bond motifs is 1. The summed E-state index contributed by atoms with van der Waals surface area (Å²) in [6, 6.07) is 25.3. The van der Waals surface area contributed by atoms with Crippen LogP contribution >= 0.6 is 0 Å². The van der Waals surface area contributed by atoms with Gasteiger partial charge in [-0.25, -0.2) is 0 Å². The highest BCUT2D eigenvalue weighted by Crippen LogP contribution is 2.54. The largest absolute Gasteiger partial charge is 0.494 e.